The predicted molar refractivity (Wildman–Crippen MR) is 101 cm³/mol. The fraction of sp³-hybridized carbons (Fsp3) is 0.250. The number of fused-ring (bicyclic) bond motifs is 1. The molecule has 5 nitrogen and oxygen atoms in total. The molecule has 2 aromatic carbocycles. The minimum Gasteiger partial charge on any atom is -0.473 e. The van der Waals surface area contributed by atoms with Gasteiger partial charge in [0.25, 0.3) is 0 Å². The first kappa shape index (κ1) is 17.9. The topological polar surface area (TPSA) is 59.5 Å². The molecule has 0 saturated carbocycles. The first-order chi connectivity index (χ1) is 12.9. The zero-order valence-corrected chi connectivity index (χ0v) is 15.6. The molecule has 0 amide bonds. The third-order valence-corrected chi connectivity index (χ3v) is 6.75. The van der Waals surface area contributed by atoms with Crippen molar-refractivity contribution in [3.05, 3.63) is 66.0 Å². The molecule has 0 spiro atoms. The van der Waals surface area contributed by atoms with Crippen molar-refractivity contribution in [2.45, 2.75) is 24.3 Å². The molecule has 0 aliphatic carbocycles. The van der Waals surface area contributed by atoms with Crippen molar-refractivity contribution in [2.75, 3.05) is 13.1 Å². The van der Waals surface area contributed by atoms with Crippen LogP contribution in [0.15, 0.2) is 59.5 Å². The zero-order chi connectivity index (χ0) is 19.0. The lowest BCUT2D eigenvalue weighted by Crippen LogP contribution is -2.31. The van der Waals surface area contributed by atoms with Gasteiger partial charge in [-0.25, -0.2) is 17.8 Å². The van der Waals surface area contributed by atoms with Crippen LogP contribution in [0.4, 0.5) is 4.39 Å². The summed E-state index contributed by atoms with van der Waals surface area (Å²) >= 11 is 0. The van der Waals surface area contributed by atoms with Crippen molar-refractivity contribution >= 4 is 20.9 Å². The van der Waals surface area contributed by atoms with Crippen LogP contribution in [0, 0.1) is 12.7 Å². The number of aryl methyl sites for hydroxylation is 1. The van der Waals surface area contributed by atoms with Crippen molar-refractivity contribution in [3.63, 3.8) is 0 Å². The Bertz CT molecular complexity index is 1100. The molecule has 4 rings (SSSR count). The number of rotatable bonds is 4. The van der Waals surface area contributed by atoms with Crippen molar-refractivity contribution < 1.29 is 17.5 Å². The van der Waals surface area contributed by atoms with Gasteiger partial charge in [-0.3, -0.25) is 0 Å². The highest BCUT2D eigenvalue weighted by Gasteiger charge is 2.34. The Morgan fingerprint density at radius 1 is 1.15 bits per heavy atom. The number of para-hydroxylation sites is 1. The van der Waals surface area contributed by atoms with Gasteiger partial charge in [-0.15, -0.1) is 0 Å². The zero-order valence-electron chi connectivity index (χ0n) is 14.8. The highest BCUT2D eigenvalue weighted by Crippen LogP contribution is 2.26. The number of ether oxygens (including phenoxy) is 1. The van der Waals surface area contributed by atoms with Gasteiger partial charge in [0.15, 0.2) is 0 Å². The molecule has 140 valence electrons. The number of pyridine rings is 1. The summed E-state index contributed by atoms with van der Waals surface area (Å²) in [5, 5.41) is 1.02. The van der Waals surface area contributed by atoms with Crippen LogP contribution in [0.5, 0.6) is 5.88 Å². The lowest BCUT2D eigenvalue weighted by atomic mass is 10.2. The first-order valence-electron chi connectivity index (χ1n) is 8.72. The number of aromatic nitrogens is 1. The Morgan fingerprint density at radius 2 is 1.96 bits per heavy atom. The van der Waals surface area contributed by atoms with E-state index >= 15 is 0 Å². The van der Waals surface area contributed by atoms with E-state index < -0.39 is 15.8 Å². The predicted octanol–water partition coefficient (Wildman–Crippen LogP) is 3.52. The van der Waals surface area contributed by atoms with Gasteiger partial charge in [0, 0.05) is 18.0 Å². The fourth-order valence-corrected chi connectivity index (χ4v) is 5.03. The number of hydrogen-bond donors (Lipinski definition) is 0. The summed E-state index contributed by atoms with van der Waals surface area (Å²) in [5.41, 5.74) is 1.23. The summed E-state index contributed by atoms with van der Waals surface area (Å²) in [7, 11) is -3.68. The third-order valence-electron chi connectivity index (χ3n) is 4.72. The summed E-state index contributed by atoms with van der Waals surface area (Å²) < 4.78 is 46.3. The van der Waals surface area contributed by atoms with Crippen LogP contribution in [-0.4, -0.2) is 36.9 Å². The molecule has 1 aliphatic rings. The van der Waals surface area contributed by atoms with Crippen LogP contribution in [0.25, 0.3) is 10.9 Å². The Hall–Kier alpha value is -2.51. The minimum absolute atomic E-state index is 0.133. The maximum atomic E-state index is 13.3. The van der Waals surface area contributed by atoms with Gasteiger partial charge in [0.2, 0.25) is 15.9 Å². The van der Waals surface area contributed by atoms with Crippen LogP contribution >= 0.6 is 0 Å². The van der Waals surface area contributed by atoms with Gasteiger partial charge in [-0.2, -0.15) is 4.31 Å². The molecule has 1 aromatic heterocycles. The summed E-state index contributed by atoms with van der Waals surface area (Å²) in [6, 6.07) is 15.2. The van der Waals surface area contributed by atoms with Crippen LogP contribution < -0.4 is 4.74 Å². The van der Waals surface area contributed by atoms with E-state index in [-0.39, 0.29) is 17.5 Å². The number of halogens is 1. The van der Waals surface area contributed by atoms with Crippen LogP contribution in [-0.2, 0) is 10.0 Å². The molecule has 1 atom stereocenters. The molecular formula is C20H19FN2O3S. The highest BCUT2D eigenvalue weighted by atomic mass is 32.2. The lowest BCUT2D eigenvalue weighted by molar-refractivity contribution is 0.207. The normalized spacial score (nSPS) is 18.1. The molecule has 3 aromatic rings. The van der Waals surface area contributed by atoms with Gasteiger partial charge < -0.3 is 4.74 Å². The van der Waals surface area contributed by atoms with Crippen molar-refractivity contribution in [1.29, 1.82) is 0 Å². The molecule has 27 heavy (non-hydrogen) atoms. The average molecular weight is 386 g/mol. The monoisotopic (exact) mass is 386 g/mol. The van der Waals surface area contributed by atoms with Crippen LogP contribution in [0.1, 0.15) is 12.0 Å². The maximum absolute atomic E-state index is 13.3. The van der Waals surface area contributed by atoms with E-state index in [1.54, 1.807) is 13.0 Å². The van der Waals surface area contributed by atoms with Gasteiger partial charge in [0.05, 0.1) is 17.0 Å². The summed E-state index contributed by atoms with van der Waals surface area (Å²) in [6.07, 6.45) is 0.308. The van der Waals surface area contributed by atoms with E-state index in [0.29, 0.717) is 24.4 Å². The van der Waals surface area contributed by atoms with Gasteiger partial charge >= 0.3 is 0 Å². The average Bonchev–Trinajstić information content (AvgIpc) is 3.10. The molecule has 2 heterocycles. The highest BCUT2D eigenvalue weighted by molar-refractivity contribution is 7.89. The summed E-state index contributed by atoms with van der Waals surface area (Å²) in [5.74, 6) is 0.0346. The van der Waals surface area contributed by atoms with Crippen molar-refractivity contribution in [3.8, 4) is 5.88 Å². The third kappa shape index (κ3) is 3.52. The molecule has 0 N–H and O–H groups in total. The van der Waals surface area contributed by atoms with Crippen molar-refractivity contribution in [1.82, 2.24) is 9.29 Å². The molecule has 1 saturated heterocycles. The van der Waals surface area contributed by atoms with E-state index in [9.17, 15) is 12.8 Å². The number of sulfonamides is 1. The number of hydrogen-bond acceptors (Lipinski definition) is 4. The maximum Gasteiger partial charge on any atom is 0.243 e. The molecule has 1 aliphatic heterocycles. The van der Waals surface area contributed by atoms with Gasteiger partial charge in [-0.1, -0.05) is 18.2 Å². The van der Waals surface area contributed by atoms with E-state index in [0.717, 1.165) is 10.9 Å². The number of benzene rings is 2. The van der Waals surface area contributed by atoms with Crippen molar-refractivity contribution in [2.24, 2.45) is 0 Å². The molecule has 1 fully saturated rings. The van der Waals surface area contributed by atoms with E-state index in [1.807, 2.05) is 30.3 Å². The summed E-state index contributed by atoms with van der Waals surface area (Å²) in [4.78, 5) is 4.61. The smallest absolute Gasteiger partial charge is 0.243 e. The van der Waals surface area contributed by atoms with Crippen LogP contribution in [0.3, 0.4) is 0 Å². The lowest BCUT2D eigenvalue weighted by Gasteiger charge is -2.18. The summed E-state index contributed by atoms with van der Waals surface area (Å²) in [6.45, 7) is 2.20. The second kappa shape index (κ2) is 6.90. The first-order valence-corrected chi connectivity index (χ1v) is 10.2. The van der Waals surface area contributed by atoms with E-state index in [1.165, 1.54) is 22.5 Å². The number of nitrogens with zero attached hydrogens (tertiary/aromatic N) is 2. The fourth-order valence-electron chi connectivity index (χ4n) is 3.34. The second-order valence-electron chi connectivity index (χ2n) is 6.64. The second-order valence-corrected chi connectivity index (χ2v) is 8.55. The van der Waals surface area contributed by atoms with Gasteiger partial charge in [-0.05, 0) is 49.2 Å². The Morgan fingerprint density at radius 3 is 2.78 bits per heavy atom. The Balaban J connectivity index is 1.50. The molecule has 0 radical (unpaired) electrons. The Labute approximate surface area is 157 Å². The largest absolute Gasteiger partial charge is 0.473 e. The van der Waals surface area contributed by atoms with Gasteiger partial charge in [0.1, 0.15) is 11.9 Å². The standard InChI is InChI=1S/C20H19FN2O3S/c1-14-12-16(21)7-8-19(14)27(24,25)23-11-10-17(13-23)26-20-9-6-15-4-2-3-5-18(15)22-20/h2-9,12,17H,10-11,13H2,1H3. The van der Waals surface area contributed by atoms with Crippen LogP contribution in [0.2, 0.25) is 0 Å². The van der Waals surface area contributed by atoms with E-state index in [4.69, 9.17) is 4.74 Å². The minimum atomic E-state index is -3.68. The Kier molecular flexibility index (Phi) is 4.57. The quantitative estimate of drug-likeness (QED) is 0.688. The molecular weight excluding hydrogens is 367 g/mol. The van der Waals surface area contributed by atoms with E-state index in [2.05, 4.69) is 4.98 Å². The molecule has 7 heteroatoms. The molecule has 1 unspecified atom stereocenters. The SMILES string of the molecule is Cc1cc(F)ccc1S(=O)(=O)N1CCC(Oc2ccc3ccccc3n2)C1. The molecule has 0 bridgehead atoms.